The van der Waals surface area contributed by atoms with Gasteiger partial charge in [0.05, 0.1) is 34.4 Å². The van der Waals surface area contributed by atoms with Crippen LogP contribution in [0, 0.1) is 0 Å². The normalized spacial score (nSPS) is 14.1. The number of benzene rings is 1. The van der Waals surface area contributed by atoms with E-state index in [1.807, 2.05) is 62.0 Å². The molecule has 0 fully saturated rings. The molecule has 0 atom stereocenters. The van der Waals surface area contributed by atoms with Gasteiger partial charge in [0.15, 0.2) is 23.0 Å². The van der Waals surface area contributed by atoms with Gasteiger partial charge in [-0.25, -0.2) is 19.6 Å². The lowest BCUT2D eigenvalue weighted by molar-refractivity contribution is 0.0988. The smallest absolute Gasteiger partial charge is 0.260 e. The predicted octanol–water partition coefficient (Wildman–Crippen LogP) is 4.70. The minimum Gasteiger partial charge on any atom is -0.463 e. The third kappa shape index (κ3) is 3.51. The van der Waals surface area contributed by atoms with Gasteiger partial charge >= 0.3 is 0 Å². The van der Waals surface area contributed by atoms with E-state index >= 15 is 0 Å². The van der Waals surface area contributed by atoms with Crippen LogP contribution in [0.15, 0.2) is 59.3 Å². The fourth-order valence-corrected chi connectivity index (χ4v) is 4.56. The molecule has 9 nitrogen and oxygen atoms in total. The zero-order valence-electron chi connectivity index (χ0n) is 19.8. The zero-order valence-corrected chi connectivity index (χ0v) is 19.8. The van der Waals surface area contributed by atoms with Gasteiger partial charge in [-0.05, 0) is 50.6 Å². The number of fused-ring (bicyclic) bond motifs is 3. The molecule has 0 spiro atoms. The highest BCUT2D eigenvalue weighted by Gasteiger charge is 2.30. The Morgan fingerprint density at radius 1 is 1.00 bits per heavy atom. The van der Waals surface area contributed by atoms with E-state index in [4.69, 9.17) is 19.4 Å². The fourth-order valence-electron chi connectivity index (χ4n) is 4.56. The van der Waals surface area contributed by atoms with Gasteiger partial charge in [-0.15, -0.1) is 0 Å². The number of aromatic nitrogens is 5. The SMILES string of the molecule is CC(C)n1ncc2c(C(=O)N3CCCN(C)c4nc5ccccc5nc43)cc(-c3ccco3)nc21. The summed E-state index contributed by atoms with van der Waals surface area (Å²) < 4.78 is 7.45. The highest BCUT2D eigenvalue weighted by atomic mass is 16.3. The van der Waals surface area contributed by atoms with Crippen LogP contribution in [0.25, 0.3) is 33.5 Å². The molecule has 35 heavy (non-hydrogen) atoms. The molecule has 1 aliphatic rings. The summed E-state index contributed by atoms with van der Waals surface area (Å²) >= 11 is 0. The van der Waals surface area contributed by atoms with E-state index in [1.165, 1.54) is 0 Å². The zero-order chi connectivity index (χ0) is 24.1. The number of nitrogens with zero attached hydrogens (tertiary/aromatic N) is 7. The van der Waals surface area contributed by atoms with Crippen LogP contribution in [0.4, 0.5) is 11.6 Å². The van der Waals surface area contributed by atoms with Gasteiger partial charge in [0.2, 0.25) is 0 Å². The third-order valence-corrected chi connectivity index (χ3v) is 6.33. The van der Waals surface area contributed by atoms with Crippen LogP contribution >= 0.6 is 0 Å². The van der Waals surface area contributed by atoms with E-state index < -0.39 is 0 Å². The van der Waals surface area contributed by atoms with Crippen molar-refractivity contribution >= 4 is 39.6 Å². The van der Waals surface area contributed by atoms with Crippen molar-refractivity contribution in [3.63, 3.8) is 0 Å². The van der Waals surface area contributed by atoms with Crippen molar-refractivity contribution < 1.29 is 9.21 Å². The van der Waals surface area contributed by atoms with Crippen LogP contribution in [0.5, 0.6) is 0 Å². The first-order chi connectivity index (χ1) is 17.0. The standard InChI is InChI=1S/C26H25N7O2/c1-16(2)33-23-18(15-27-33)17(14-21(30-23)22-10-6-13-35-22)26(34)32-12-7-11-31(3)24-25(32)29-20-9-5-4-8-19(20)28-24/h4-6,8-10,13-16H,7,11-12H2,1-3H3. The Morgan fingerprint density at radius 3 is 2.49 bits per heavy atom. The van der Waals surface area contributed by atoms with E-state index in [9.17, 15) is 4.79 Å². The second kappa shape index (κ2) is 8.19. The maximum Gasteiger partial charge on any atom is 0.260 e. The van der Waals surface area contributed by atoms with Gasteiger partial charge in [0, 0.05) is 26.2 Å². The monoisotopic (exact) mass is 467 g/mol. The van der Waals surface area contributed by atoms with Crippen molar-refractivity contribution in [2.24, 2.45) is 0 Å². The number of furan rings is 1. The Kier molecular flexibility index (Phi) is 4.98. The second-order valence-electron chi connectivity index (χ2n) is 9.04. The Bertz CT molecular complexity index is 1560. The van der Waals surface area contributed by atoms with Crippen LogP contribution in [-0.4, -0.2) is 50.8 Å². The minimum absolute atomic E-state index is 0.0830. The molecular weight excluding hydrogens is 442 g/mol. The van der Waals surface area contributed by atoms with Gasteiger partial charge in [0.25, 0.3) is 5.91 Å². The Balaban J connectivity index is 1.55. The molecule has 1 aromatic carbocycles. The molecule has 1 amide bonds. The number of anilines is 2. The van der Waals surface area contributed by atoms with E-state index in [0.717, 1.165) is 24.0 Å². The van der Waals surface area contributed by atoms with Gasteiger partial charge in [-0.1, -0.05) is 12.1 Å². The first kappa shape index (κ1) is 21.3. The summed E-state index contributed by atoms with van der Waals surface area (Å²) in [7, 11) is 1.99. The molecular formula is C26H25N7O2. The van der Waals surface area contributed by atoms with Crippen LogP contribution in [0.1, 0.15) is 36.7 Å². The van der Waals surface area contributed by atoms with Crippen LogP contribution < -0.4 is 9.80 Å². The largest absolute Gasteiger partial charge is 0.463 e. The Labute approximate surface area is 202 Å². The maximum atomic E-state index is 14.2. The molecule has 5 aromatic rings. The summed E-state index contributed by atoms with van der Waals surface area (Å²) in [5.41, 5.74) is 3.30. The number of carbonyl (C=O) groups excluding carboxylic acids is 1. The Morgan fingerprint density at radius 2 is 1.77 bits per heavy atom. The summed E-state index contributed by atoms with van der Waals surface area (Å²) in [6.45, 7) is 5.38. The van der Waals surface area contributed by atoms with E-state index in [1.54, 1.807) is 23.4 Å². The number of rotatable bonds is 3. The molecule has 1 aliphatic heterocycles. The van der Waals surface area contributed by atoms with Crippen molar-refractivity contribution in [2.75, 3.05) is 29.9 Å². The van der Waals surface area contributed by atoms with Crippen LogP contribution in [-0.2, 0) is 0 Å². The molecule has 5 heterocycles. The molecule has 0 radical (unpaired) electrons. The summed E-state index contributed by atoms with van der Waals surface area (Å²) in [4.78, 5) is 32.6. The van der Waals surface area contributed by atoms with Crippen molar-refractivity contribution in [1.82, 2.24) is 24.7 Å². The second-order valence-corrected chi connectivity index (χ2v) is 9.04. The minimum atomic E-state index is -0.158. The third-order valence-electron chi connectivity index (χ3n) is 6.33. The van der Waals surface area contributed by atoms with Gasteiger partial charge in [0.1, 0.15) is 5.69 Å². The van der Waals surface area contributed by atoms with E-state index in [-0.39, 0.29) is 11.9 Å². The van der Waals surface area contributed by atoms with Gasteiger partial charge in [-0.2, -0.15) is 5.10 Å². The summed E-state index contributed by atoms with van der Waals surface area (Å²) in [6, 6.07) is 13.3. The average Bonchev–Trinajstić information content (AvgIpc) is 3.52. The molecule has 9 heteroatoms. The van der Waals surface area contributed by atoms with Crippen molar-refractivity contribution in [3.8, 4) is 11.5 Å². The van der Waals surface area contributed by atoms with E-state index in [2.05, 4.69) is 10.00 Å². The quantitative estimate of drug-likeness (QED) is 0.380. The molecule has 0 N–H and O–H groups in total. The highest BCUT2D eigenvalue weighted by Crippen LogP contribution is 2.33. The first-order valence-corrected chi connectivity index (χ1v) is 11.7. The molecule has 176 valence electrons. The predicted molar refractivity (Wildman–Crippen MR) is 135 cm³/mol. The number of pyridine rings is 1. The van der Waals surface area contributed by atoms with E-state index in [0.29, 0.717) is 46.2 Å². The number of hydrogen-bond donors (Lipinski definition) is 0. The topological polar surface area (TPSA) is 93.2 Å². The number of amides is 1. The maximum absolute atomic E-state index is 14.2. The summed E-state index contributed by atoms with van der Waals surface area (Å²) in [6.07, 6.45) is 4.11. The van der Waals surface area contributed by atoms with Crippen molar-refractivity contribution in [1.29, 1.82) is 0 Å². The molecule has 0 saturated carbocycles. The number of para-hydroxylation sites is 2. The average molecular weight is 468 g/mol. The molecule has 4 aromatic heterocycles. The van der Waals surface area contributed by atoms with Gasteiger partial charge in [-0.3, -0.25) is 9.69 Å². The van der Waals surface area contributed by atoms with Gasteiger partial charge < -0.3 is 9.32 Å². The Hall–Kier alpha value is -4.27. The lowest BCUT2D eigenvalue weighted by Crippen LogP contribution is -2.32. The van der Waals surface area contributed by atoms with Crippen molar-refractivity contribution in [3.05, 3.63) is 60.5 Å². The fraction of sp³-hybridized carbons (Fsp3) is 0.269. The molecule has 0 unspecified atom stereocenters. The lowest BCUT2D eigenvalue weighted by atomic mass is 10.1. The molecule has 0 bridgehead atoms. The highest BCUT2D eigenvalue weighted by molar-refractivity contribution is 6.14. The molecule has 0 aliphatic carbocycles. The molecule has 6 rings (SSSR count). The van der Waals surface area contributed by atoms with Crippen LogP contribution in [0.3, 0.4) is 0 Å². The lowest BCUT2D eigenvalue weighted by Gasteiger charge is -2.23. The first-order valence-electron chi connectivity index (χ1n) is 11.7. The van der Waals surface area contributed by atoms with Crippen molar-refractivity contribution in [2.45, 2.75) is 26.3 Å². The number of carbonyl (C=O) groups is 1. The van der Waals surface area contributed by atoms with Crippen LogP contribution in [0.2, 0.25) is 0 Å². The summed E-state index contributed by atoms with van der Waals surface area (Å²) in [5.74, 6) is 1.70. The number of hydrogen-bond acceptors (Lipinski definition) is 7. The summed E-state index contributed by atoms with van der Waals surface area (Å²) in [5, 5.41) is 5.24. The molecule has 0 saturated heterocycles.